The monoisotopic (exact) mass is 255 g/mol. The summed E-state index contributed by atoms with van der Waals surface area (Å²) in [6.07, 6.45) is 12.9. The van der Waals surface area contributed by atoms with Gasteiger partial charge in [-0.1, -0.05) is 44.9 Å². The van der Waals surface area contributed by atoms with E-state index in [0.29, 0.717) is 5.92 Å². The lowest BCUT2D eigenvalue weighted by Crippen LogP contribution is -2.50. The topological polar surface area (TPSA) is 55.5 Å². The van der Waals surface area contributed by atoms with Gasteiger partial charge in [0.05, 0.1) is 18.4 Å². The maximum absolute atomic E-state index is 11.2. The van der Waals surface area contributed by atoms with E-state index < -0.39 is 5.60 Å². The summed E-state index contributed by atoms with van der Waals surface area (Å²) < 4.78 is 5.70. The number of ether oxygens (including phenoxy) is 1. The summed E-state index contributed by atoms with van der Waals surface area (Å²) in [5.41, 5.74) is 4.95. The quantitative estimate of drug-likeness (QED) is 0.602. The van der Waals surface area contributed by atoms with E-state index in [9.17, 15) is 5.11 Å². The average Bonchev–Trinajstić information content (AvgIpc) is 2.73. The van der Waals surface area contributed by atoms with Crippen molar-refractivity contribution >= 4 is 0 Å². The molecule has 0 heterocycles. The van der Waals surface area contributed by atoms with Crippen LogP contribution in [0.4, 0.5) is 0 Å². The normalized spacial score (nSPS) is 36.0. The van der Waals surface area contributed by atoms with E-state index in [2.05, 4.69) is 0 Å². The molecule has 0 saturated heterocycles. The molecule has 2 saturated carbocycles. The Kier molecular flexibility index (Phi) is 5.46. The van der Waals surface area contributed by atoms with Crippen molar-refractivity contribution in [2.45, 2.75) is 82.3 Å². The van der Waals surface area contributed by atoms with Gasteiger partial charge in [-0.05, 0) is 31.6 Å². The molecule has 0 amide bonds. The minimum absolute atomic E-state index is 0.0342. The predicted molar refractivity (Wildman–Crippen MR) is 73.2 cm³/mol. The van der Waals surface area contributed by atoms with Crippen LogP contribution in [-0.4, -0.2) is 23.5 Å². The zero-order valence-electron chi connectivity index (χ0n) is 11.6. The molecule has 2 aliphatic carbocycles. The van der Waals surface area contributed by atoms with Crippen LogP contribution >= 0.6 is 0 Å². The van der Waals surface area contributed by atoms with Crippen molar-refractivity contribution in [1.82, 2.24) is 0 Å². The van der Waals surface area contributed by atoms with Crippen LogP contribution in [0.15, 0.2) is 0 Å². The Bertz CT molecular complexity index is 239. The number of aliphatic hydroxyl groups is 1. The van der Waals surface area contributed by atoms with Gasteiger partial charge in [-0.25, -0.2) is 0 Å². The molecule has 0 aliphatic heterocycles. The summed E-state index contributed by atoms with van der Waals surface area (Å²) in [5, 5.41) is 11.2. The minimum Gasteiger partial charge on any atom is -0.387 e. The second-order valence-corrected chi connectivity index (χ2v) is 6.10. The number of rotatable bonds is 3. The highest BCUT2D eigenvalue weighted by Gasteiger charge is 2.44. The Balaban J connectivity index is 2.10. The lowest BCUT2D eigenvalue weighted by molar-refractivity contribution is -0.146. The number of hydrogen-bond donors (Lipinski definition) is 2. The molecule has 3 nitrogen and oxygen atoms in total. The first-order valence-corrected chi connectivity index (χ1v) is 7.81. The summed E-state index contributed by atoms with van der Waals surface area (Å²) in [4.78, 5) is 0. The molecule has 0 aromatic heterocycles. The molecule has 0 radical (unpaired) electrons. The van der Waals surface area contributed by atoms with E-state index >= 15 is 0 Å². The van der Waals surface area contributed by atoms with Crippen molar-refractivity contribution in [1.29, 1.82) is 0 Å². The van der Waals surface area contributed by atoms with Gasteiger partial charge in [-0.3, -0.25) is 0 Å². The molecule has 2 aliphatic rings. The van der Waals surface area contributed by atoms with Gasteiger partial charge in [0.1, 0.15) is 0 Å². The first-order valence-electron chi connectivity index (χ1n) is 7.81. The summed E-state index contributed by atoms with van der Waals surface area (Å²) in [6.45, 7) is 0.236. The molecule has 0 aromatic carbocycles. The van der Waals surface area contributed by atoms with Crippen molar-refractivity contribution in [2.75, 3.05) is 6.73 Å². The van der Waals surface area contributed by atoms with Crippen LogP contribution in [0.25, 0.3) is 0 Å². The van der Waals surface area contributed by atoms with Crippen LogP contribution in [0.3, 0.4) is 0 Å². The Hall–Kier alpha value is -0.120. The molecular weight excluding hydrogens is 226 g/mol. The van der Waals surface area contributed by atoms with Crippen LogP contribution in [-0.2, 0) is 4.74 Å². The molecule has 2 atom stereocenters. The van der Waals surface area contributed by atoms with Gasteiger partial charge in [0.25, 0.3) is 0 Å². The largest absolute Gasteiger partial charge is 0.387 e. The van der Waals surface area contributed by atoms with Crippen LogP contribution < -0.4 is 5.73 Å². The van der Waals surface area contributed by atoms with Crippen molar-refractivity contribution < 1.29 is 9.84 Å². The third-order valence-corrected chi connectivity index (χ3v) is 4.96. The minimum atomic E-state index is -0.611. The number of nitrogens with two attached hydrogens (primary N) is 1. The lowest BCUT2D eigenvalue weighted by atomic mass is 9.75. The molecule has 106 valence electrons. The van der Waals surface area contributed by atoms with Gasteiger partial charge in [0.15, 0.2) is 0 Å². The van der Waals surface area contributed by atoms with Gasteiger partial charge < -0.3 is 15.6 Å². The molecule has 2 fully saturated rings. The maximum Gasteiger partial charge on any atom is 0.0945 e. The molecule has 2 rings (SSSR count). The molecule has 0 spiro atoms. The van der Waals surface area contributed by atoms with E-state index in [-0.39, 0.29) is 12.8 Å². The Labute approximate surface area is 111 Å². The third kappa shape index (κ3) is 3.25. The zero-order valence-corrected chi connectivity index (χ0v) is 11.6. The standard InChI is InChI=1S/C15H29NO2/c16-12-18-14-10-6-3-7-11-15(14,17)13-8-4-1-2-5-9-13/h13-14,17H,1-12,16H2. The van der Waals surface area contributed by atoms with Gasteiger partial charge in [-0.2, -0.15) is 0 Å². The van der Waals surface area contributed by atoms with E-state index in [0.717, 1.165) is 19.3 Å². The number of hydrogen-bond acceptors (Lipinski definition) is 3. The van der Waals surface area contributed by atoms with Crippen LogP contribution in [0, 0.1) is 5.92 Å². The van der Waals surface area contributed by atoms with E-state index in [4.69, 9.17) is 10.5 Å². The van der Waals surface area contributed by atoms with E-state index in [1.807, 2.05) is 0 Å². The molecule has 3 heteroatoms. The van der Waals surface area contributed by atoms with Gasteiger partial charge >= 0.3 is 0 Å². The summed E-state index contributed by atoms with van der Waals surface area (Å²) in [5.74, 6) is 0.426. The third-order valence-electron chi connectivity index (χ3n) is 4.96. The first kappa shape index (κ1) is 14.3. The van der Waals surface area contributed by atoms with Crippen molar-refractivity contribution in [3.05, 3.63) is 0 Å². The Morgan fingerprint density at radius 1 is 0.944 bits per heavy atom. The smallest absolute Gasteiger partial charge is 0.0945 e. The second-order valence-electron chi connectivity index (χ2n) is 6.10. The van der Waals surface area contributed by atoms with Gasteiger partial charge in [0, 0.05) is 0 Å². The zero-order chi connectivity index (χ0) is 12.8. The fraction of sp³-hybridized carbons (Fsp3) is 1.00. The van der Waals surface area contributed by atoms with Crippen molar-refractivity contribution in [3.8, 4) is 0 Å². The van der Waals surface area contributed by atoms with E-state index in [1.54, 1.807) is 0 Å². The van der Waals surface area contributed by atoms with Crippen LogP contribution in [0.1, 0.15) is 70.6 Å². The van der Waals surface area contributed by atoms with Crippen LogP contribution in [0.5, 0.6) is 0 Å². The molecule has 2 unspecified atom stereocenters. The Morgan fingerprint density at radius 3 is 2.22 bits per heavy atom. The van der Waals surface area contributed by atoms with Gasteiger partial charge in [0.2, 0.25) is 0 Å². The predicted octanol–water partition coefficient (Wildman–Crippen LogP) is 2.95. The fourth-order valence-corrected chi connectivity index (χ4v) is 3.92. The molecule has 0 aromatic rings. The summed E-state index contributed by atoms with van der Waals surface area (Å²) in [6, 6.07) is 0. The highest BCUT2D eigenvalue weighted by atomic mass is 16.5. The van der Waals surface area contributed by atoms with Crippen molar-refractivity contribution in [2.24, 2.45) is 11.7 Å². The summed E-state index contributed by atoms with van der Waals surface area (Å²) in [7, 11) is 0. The second kappa shape index (κ2) is 6.88. The molecule has 0 bridgehead atoms. The van der Waals surface area contributed by atoms with Crippen molar-refractivity contribution in [3.63, 3.8) is 0 Å². The average molecular weight is 255 g/mol. The van der Waals surface area contributed by atoms with Gasteiger partial charge in [-0.15, -0.1) is 0 Å². The summed E-state index contributed by atoms with van der Waals surface area (Å²) >= 11 is 0. The highest BCUT2D eigenvalue weighted by molar-refractivity contribution is 4.95. The fourth-order valence-electron chi connectivity index (χ4n) is 3.92. The Morgan fingerprint density at radius 2 is 1.56 bits per heavy atom. The highest BCUT2D eigenvalue weighted by Crippen LogP contribution is 2.41. The molecular formula is C15H29NO2. The SMILES string of the molecule is NCOC1CCCCCC1(O)C1CCCCCC1. The maximum atomic E-state index is 11.2. The molecule has 18 heavy (non-hydrogen) atoms. The molecule has 3 N–H and O–H groups in total. The van der Waals surface area contributed by atoms with E-state index in [1.165, 1.54) is 51.4 Å². The lowest BCUT2D eigenvalue weighted by Gasteiger charge is -2.41. The van der Waals surface area contributed by atoms with Crippen LogP contribution in [0.2, 0.25) is 0 Å². The first-order chi connectivity index (χ1) is 8.77.